The third kappa shape index (κ3) is 6.56. The van der Waals surface area contributed by atoms with E-state index in [0.717, 1.165) is 12.5 Å². The average Bonchev–Trinajstić information content (AvgIpc) is 2.40. The Morgan fingerprint density at radius 1 is 1.20 bits per heavy atom. The number of hydrogen-bond acceptors (Lipinski definition) is 2. The van der Waals surface area contributed by atoms with E-state index in [4.69, 9.17) is 5.73 Å². The molecule has 0 aliphatic carbocycles. The molecule has 0 radical (unpaired) electrons. The minimum atomic E-state index is -4.42. The predicted molar refractivity (Wildman–Crippen MR) is 73.0 cm³/mol. The molecule has 6 heteroatoms. The van der Waals surface area contributed by atoms with Crippen molar-refractivity contribution in [3.63, 3.8) is 0 Å². The Balaban J connectivity index is 0.00000172. The number of halogens is 3. The first-order valence-electron chi connectivity index (χ1n) is 6.47. The van der Waals surface area contributed by atoms with Gasteiger partial charge in [0.2, 0.25) is 5.91 Å². The molecule has 1 aromatic carbocycles. The van der Waals surface area contributed by atoms with Crippen molar-refractivity contribution < 1.29 is 18.0 Å². The van der Waals surface area contributed by atoms with Crippen molar-refractivity contribution >= 4 is 5.91 Å². The van der Waals surface area contributed by atoms with Crippen LogP contribution in [-0.2, 0) is 17.8 Å². The minimum Gasteiger partial charge on any atom is -0.344 e. The Kier molecular flexibility index (Phi) is 7.91. The molecule has 3 N–H and O–H groups in total. The maximum absolute atomic E-state index is 12.2. The van der Waals surface area contributed by atoms with Crippen molar-refractivity contribution in [2.24, 2.45) is 5.73 Å². The highest BCUT2D eigenvalue weighted by Crippen LogP contribution is 2.19. The minimum absolute atomic E-state index is 0.0781. The molecule has 0 aliphatic rings. The second-order valence-corrected chi connectivity index (χ2v) is 4.03. The van der Waals surface area contributed by atoms with Gasteiger partial charge in [0.25, 0.3) is 0 Å². The molecule has 0 fully saturated rings. The second kappa shape index (κ2) is 8.58. The molecule has 0 aliphatic heterocycles. The maximum atomic E-state index is 12.2. The van der Waals surface area contributed by atoms with Crippen LogP contribution in [0, 0.1) is 0 Å². The van der Waals surface area contributed by atoms with Gasteiger partial charge in [-0.3, -0.25) is 4.79 Å². The standard InChI is InChI=1S/C12H15F3N2O.C2H6/c1-8(12(13,14)15)17-11(18)6-9-2-4-10(7-16)5-3-9;1-2/h2-5,8H,6-7,16H2,1H3,(H,17,18);1-2H3/t8-;/m1./s1. The number of rotatable bonds is 4. The Hall–Kier alpha value is -1.56. The molecule has 1 aromatic rings. The number of amides is 1. The van der Waals surface area contributed by atoms with E-state index in [1.54, 1.807) is 24.3 Å². The highest BCUT2D eigenvalue weighted by molar-refractivity contribution is 5.78. The molecule has 3 nitrogen and oxygen atoms in total. The number of hydrogen-bond donors (Lipinski definition) is 2. The lowest BCUT2D eigenvalue weighted by atomic mass is 10.1. The van der Waals surface area contributed by atoms with Crippen molar-refractivity contribution in [1.29, 1.82) is 0 Å². The predicted octanol–water partition coefficient (Wildman–Crippen LogP) is 2.78. The van der Waals surface area contributed by atoms with Crippen molar-refractivity contribution in [3.8, 4) is 0 Å². The number of nitrogens with one attached hydrogen (secondary N) is 1. The molecule has 20 heavy (non-hydrogen) atoms. The van der Waals surface area contributed by atoms with Gasteiger partial charge in [-0.05, 0) is 18.1 Å². The quantitative estimate of drug-likeness (QED) is 0.896. The maximum Gasteiger partial charge on any atom is 0.408 e. The van der Waals surface area contributed by atoms with Crippen LogP contribution in [0.25, 0.3) is 0 Å². The van der Waals surface area contributed by atoms with Gasteiger partial charge in [-0.2, -0.15) is 13.2 Å². The molecule has 1 amide bonds. The van der Waals surface area contributed by atoms with Gasteiger partial charge in [0.1, 0.15) is 6.04 Å². The third-order valence-electron chi connectivity index (χ3n) is 2.49. The third-order valence-corrected chi connectivity index (χ3v) is 2.49. The molecule has 1 rings (SSSR count). The Bertz CT molecular complexity index is 402. The van der Waals surface area contributed by atoms with E-state index in [1.807, 2.05) is 19.2 Å². The molecule has 0 spiro atoms. The molecular formula is C14H21F3N2O. The van der Waals surface area contributed by atoms with E-state index in [0.29, 0.717) is 12.1 Å². The smallest absolute Gasteiger partial charge is 0.344 e. The summed E-state index contributed by atoms with van der Waals surface area (Å²) in [5.74, 6) is -0.652. The molecule has 114 valence electrons. The van der Waals surface area contributed by atoms with Crippen LogP contribution >= 0.6 is 0 Å². The highest BCUT2D eigenvalue weighted by Gasteiger charge is 2.36. The lowest BCUT2D eigenvalue weighted by Crippen LogP contribution is -2.43. The second-order valence-electron chi connectivity index (χ2n) is 4.03. The van der Waals surface area contributed by atoms with Crippen molar-refractivity contribution in [1.82, 2.24) is 5.32 Å². The van der Waals surface area contributed by atoms with Gasteiger partial charge in [-0.15, -0.1) is 0 Å². The summed E-state index contributed by atoms with van der Waals surface area (Å²) in [5, 5.41) is 1.91. The zero-order valence-corrected chi connectivity index (χ0v) is 11.9. The van der Waals surface area contributed by atoms with Crippen LogP contribution in [0.2, 0.25) is 0 Å². The molecule has 0 unspecified atom stereocenters. The molecule has 1 atom stereocenters. The fraction of sp³-hybridized carbons (Fsp3) is 0.500. The number of nitrogens with two attached hydrogens (primary N) is 1. The van der Waals surface area contributed by atoms with Crippen LogP contribution in [-0.4, -0.2) is 18.1 Å². The molecule has 0 bridgehead atoms. The van der Waals surface area contributed by atoms with Crippen molar-refractivity contribution in [2.75, 3.05) is 0 Å². The monoisotopic (exact) mass is 290 g/mol. The summed E-state index contributed by atoms with van der Waals surface area (Å²) < 4.78 is 36.7. The van der Waals surface area contributed by atoms with Gasteiger partial charge in [-0.25, -0.2) is 0 Å². The first-order chi connectivity index (χ1) is 9.32. The van der Waals surface area contributed by atoms with E-state index in [9.17, 15) is 18.0 Å². The van der Waals surface area contributed by atoms with Gasteiger partial charge < -0.3 is 11.1 Å². The van der Waals surface area contributed by atoms with Crippen LogP contribution < -0.4 is 11.1 Å². The van der Waals surface area contributed by atoms with E-state index >= 15 is 0 Å². The molecule has 0 saturated carbocycles. The van der Waals surface area contributed by atoms with Gasteiger partial charge in [0, 0.05) is 6.54 Å². The summed E-state index contributed by atoms with van der Waals surface area (Å²) in [7, 11) is 0. The first kappa shape index (κ1) is 18.4. The Labute approximate surface area is 117 Å². The summed E-state index contributed by atoms with van der Waals surface area (Å²) in [6.07, 6.45) is -4.50. The van der Waals surface area contributed by atoms with E-state index in [1.165, 1.54) is 0 Å². The van der Waals surface area contributed by atoms with Crippen molar-refractivity contribution in [3.05, 3.63) is 35.4 Å². The molecule has 0 saturated heterocycles. The Morgan fingerprint density at radius 2 is 1.65 bits per heavy atom. The molecule has 0 aromatic heterocycles. The number of carbonyl (C=O) groups is 1. The van der Waals surface area contributed by atoms with Gasteiger partial charge in [-0.1, -0.05) is 38.1 Å². The van der Waals surface area contributed by atoms with Gasteiger partial charge in [0.05, 0.1) is 6.42 Å². The van der Waals surface area contributed by atoms with E-state index in [2.05, 4.69) is 0 Å². The topological polar surface area (TPSA) is 55.1 Å². The van der Waals surface area contributed by atoms with Crippen LogP contribution in [0.1, 0.15) is 31.9 Å². The summed E-state index contributed by atoms with van der Waals surface area (Å²) in [4.78, 5) is 11.4. The highest BCUT2D eigenvalue weighted by atomic mass is 19.4. The summed E-state index contributed by atoms with van der Waals surface area (Å²) in [6, 6.07) is 5.01. The van der Waals surface area contributed by atoms with E-state index < -0.39 is 18.1 Å². The zero-order chi connectivity index (χ0) is 15.8. The average molecular weight is 290 g/mol. The van der Waals surface area contributed by atoms with Crippen LogP contribution in [0.3, 0.4) is 0 Å². The summed E-state index contributed by atoms with van der Waals surface area (Å²) in [5.41, 5.74) is 6.97. The van der Waals surface area contributed by atoms with Gasteiger partial charge in [0.15, 0.2) is 0 Å². The van der Waals surface area contributed by atoms with E-state index in [-0.39, 0.29) is 6.42 Å². The molecular weight excluding hydrogens is 269 g/mol. The largest absolute Gasteiger partial charge is 0.408 e. The lowest BCUT2D eigenvalue weighted by molar-refractivity contribution is -0.157. The van der Waals surface area contributed by atoms with Crippen LogP contribution in [0.5, 0.6) is 0 Å². The van der Waals surface area contributed by atoms with Crippen molar-refractivity contribution in [2.45, 2.75) is 46.0 Å². The number of carbonyl (C=O) groups excluding carboxylic acids is 1. The Morgan fingerprint density at radius 3 is 2.05 bits per heavy atom. The summed E-state index contributed by atoms with van der Waals surface area (Å²) >= 11 is 0. The van der Waals surface area contributed by atoms with Gasteiger partial charge >= 0.3 is 6.18 Å². The number of benzene rings is 1. The lowest BCUT2D eigenvalue weighted by Gasteiger charge is -2.17. The molecule has 0 heterocycles. The number of alkyl halides is 3. The first-order valence-corrected chi connectivity index (χ1v) is 6.47. The summed E-state index contributed by atoms with van der Waals surface area (Å²) in [6.45, 7) is 5.30. The fourth-order valence-electron chi connectivity index (χ4n) is 1.35. The normalized spacial score (nSPS) is 12.2. The van der Waals surface area contributed by atoms with Crippen LogP contribution in [0.15, 0.2) is 24.3 Å². The fourth-order valence-corrected chi connectivity index (χ4v) is 1.35. The zero-order valence-electron chi connectivity index (χ0n) is 11.9. The SMILES string of the molecule is CC.C[C@@H](NC(=O)Cc1ccc(CN)cc1)C(F)(F)F. The van der Waals surface area contributed by atoms with Crippen LogP contribution in [0.4, 0.5) is 13.2 Å².